The van der Waals surface area contributed by atoms with Crippen LogP contribution in [0.4, 0.5) is 10.1 Å². The van der Waals surface area contributed by atoms with E-state index in [2.05, 4.69) is 27.0 Å². The van der Waals surface area contributed by atoms with Crippen molar-refractivity contribution in [2.75, 3.05) is 12.8 Å². The Morgan fingerprint density at radius 1 is 1.33 bits per heavy atom. The minimum atomic E-state index is -0.560. The highest BCUT2D eigenvalue weighted by atomic mass is 79.9. The molecule has 0 radical (unpaired) electrons. The number of halogens is 2. The highest BCUT2D eigenvalue weighted by Crippen LogP contribution is 2.26. The summed E-state index contributed by atoms with van der Waals surface area (Å²) in [7, 11) is 1.29. The SMILES string of the molecule is COC(=O)c1cc(-c2ccc(C#N)cc2)cn1Cc1nc(Br)c(F)cc1N. The van der Waals surface area contributed by atoms with Gasteiger partial charge in [-0.15, -0.1) is 0 Å². The van der Waals surface area contributed by atoms with Gasteiger partial charge in [0.25, 0.3) is 0 Å². The van der Waals surface area contributed by atoms with Gasteiger partial charge in [0.2, 0.25) is 0 Å². The van der Waals surface area contributed by atoms with Crippen LogP contribution in [0.2, 0.25) is 0 Å². The molecular weight excluding hydrogens is 415 g/mol. The lowest BCUT2D eigenvalue weighted by molar-refractivity contribution is 0.0589. The number of anilines is 1. The lowest BCUT2D eigenvalue weighted by atomic mass is 10.1. The number of nitrogens with two attached hydrogens (primary N) is 1. The van der Waals surface area contributed by atoms with Crippen LogP contribution < -0.4 is 5.73 Å². The summed E-state index contributed by atoms with van der Waals surface area (Å²) in [6.07, 6.45) is 1.76. The highest BCUT2D eigenvalue weighted by molar-refractivity contribution is 9.10. The maximum Gasteiger partial charge on any atom is 0.354 e. The fraction of sp³-hybridized carbons (Fsp3) is 0.105. The summed E-state index contributed by atoms with van der Waals surface area (Å²) >= 11 is 3.04. The highest BCUT2D eigenvalue weighted by Gasteiger charge is 2.17. The van der Waals surface area contributed by atoms with E-state index in [0.29, 0.717) is 17.0 Å². The molecule has 1 aromatic carbocycles. The fourth-order valence-electron chi connectivity index (χ4n) is 2.62. The molecule has 0 unspecified atom stereocenters. The number of ether oxygens (including phenoxy) is 1. The first-order valence-electron chi connectivity index (χ1n) is 7.82. The monoisotopic (exact) mass is 428 g/mol. The Morgan fingerprint density at radius 2 is 2.04 bits per heavy atom. The maximum atomic E-state index is 13.6. The van der Waals surface area contributed by atoms with E-state index in [-0.39, 0.29) is 16.8 Å². The molecule has 0 spiro atoms. The van der Waals surface area contributed by atoms with Crippen molar-refractivity contribution in [3.05, 3.63) is 70.0 Å². The number of rotatable bonds is 4. The molecule has 0 saturated heterocycles. The molecule has 2 aromatic heterocycles. The van der Waals surface area contributed by atoms with Crippen LogP contribution in [-0.2, 0) is 11.3 Å². The zero-order valence-electron chi connectivity index (χ0n) is 14.2. The molecule has 0 aliphatic rings. The molecule has 0 bridgehead atoms. The van der Waals surface area contributed by atoms with Crippen LogP contribution >= 0.6 is 15.9 Å². The summed E-state index contributed by atoms with van der Waals surface area (Å²) in [5.74, 6) is -1.08. The molecule has 0 atom stereocenters. The number of benzene rings is 1. The summed E-state index contributed by atoms with van der Waals surface area (Å²) in [6, 6.07) is 11.9. The maximum absolute atomic E-state index is 13.6. The summed E-state index contributed by atoms with van der Waals surface area (Å²) in [5.41, 5.74) is 8.90. The predicted molar refractivity (Wildman–Crippen MR) is 101 cm³/mol. The van der Waals surface area contributed by atoms with Crippen molar-refractivity contribution in [3.8, 4) is 17.2 Å². The Bertz CT molecular complexity index is 1050. The van der Waals surface area contributed by atoms with Crippen LogP contribution in [0.3, 0.4) is 0 Å². The minimum absolute atomic E-state index is 0.0470. The third kappa shape index (κ3) is 3.83. The van der Waals surface area contributed by atoms with Gasteiger partial charge >= 0.3 is 5.97 Å². The Kier molecular flexibility index (Phi) is 5.23. The van der Waals surface area contributed by atoms with E-state index >= 15 is 0 Å². The third-order valence-corrected chi connectivity index (χ3v) is 4.56. The van der Waals surface area contributed by atoms with Gasteiger partial charge in [-0.1, -0.05) is 12.1 Å². The Labute approximate surface area is 163 Å². The Morgan fingerprint density at radius 3 is 2.67 bits per heavy atom. The number of esters is 1. The number of nitrogen functional groups attached to an aromatic ring is 1. The van der Waals surface area contributed by atoms with E-state index in [9.17, 15) is 9.18 Å². The summed E-state index contributed by atoms with van der Waals surface area (Å²) < 4.78 is 20.1. The number of aromatic nitrogens is 2. The van der Waals surface area contributed by atoms with Crippen molar-refractivity contribution < 1.29 is 13.9 Å². The molecule has 3 aromatic rings. The van der Waals surface area contributed by atoms with E-state index < -0.39 is 11.8 Å². The Hall–Kier alpha value is -3.18. The second-order valence-corrected chi connectivity index (χ2v) is 6.47. The van der Waals surface area contributed by atoms with Crippen LogP contribution in [0.5, 0.6) is 0 Å². The second kappa shape index (κ2) is 7.60. The van der Waals surface area contributed by atoms with Gasteiger partial charge in [0.05, 0.1) is 36.7 Å². The van der Waals surface area contributed by atoms with Gasteiger partial charge in [-0.2, -0.15) is 5.26 Å². The predicted octanol–water partition coefficient (Wildman–Crippen LogP) is 3.74. The van der Waals surface area contributed by atoms with Gasteiger partial charge in [0.15, 0.2) is 5.82 Å². The zero-order chi connectivity index (χ0) is 19.6. The van der Waals surface area contributed by atoms with Crippen molar-refractivity contribution >= 4 is 27.6 Å². The van der Waals surface area contributed by atoms with Gasteiger partial charge in [-0.3, -0.25) is 0 Å². The number of pyridine rings is 1. The third-order valence-electron chi connectivity index (χ3n) is 4.00. The minimum Gasteiger partial charge on any atom is -0.464 e. The normalized spacial score (nSPS) is 10.4. The van der Waals surface area contributed by atoms with Gasteiger partial charge in [-0.25, -0.2) is 14.2 Å². The number of hydrogen-bond donors (Lipinski definition) is 1. The van der Waals surface area contributed by atoms with Crippen molar-refractivity contribution in [2.45, 2.75) is 6.54 Å². The van der Waals surface area contributed by atoms with E-state index in [1.54, 1.807) is 41.1 Å². The molecule has 0 saturated carbocycles. The molecule has 0 aliphatic carbocycles. The first-order valence-corrected chi connectivity index (χ1v) is 8.61. The van der Waals surface area contributed by atoms with Crippen LogP contribution in [0, 0.1) is 17.1 Å². The largest absolute Gasteiger partial charge is 0.464 e. The summed E-state index contributed by atoms with van der Waals surface area (Å²) in [4.78, 5) is 16.3. The number of nitriles is 1. The summed E-state index contributed by atoms with van der Waals surface area (Å²) in [5, 5.41) is 8.92. The molecule has 6 nitrogen and oxygen atoms in total. The molecule has 8 heteroatoms. The molecule has 3 rings (SSSR count). The van der Waals surface area contributed by atoms with E-state index in [1.165, 1.54) is 13.2 Å². The van der Waals surface area contributed by atoms with Crippen molar-refractivity contribution in [1.29, 1.82) is 5.26 Å². The number of methoxy groups -OCH3 is 1. The van der Waals surface area contributed by atoms with Crippen LogP contribution in [0.1, 0.15) is 21.7 Å². The lowest BCUT2D eigenvalue weighted by Crippen LogP contribution is -2.13. The second-order valence-electron chi connectivity index (χ2n) is 5.72. The van der Waals surface area contributed by atoms with E-state index in [1.807, 2.05) is 0 Å². The lowest BCUT2D eigenvalue weighted by Gasteiger charge is -2.10. The van der Waals surface area contributed by atoms with Crippen molar-refractivity contribution in [1.82, 2.24) is 9.55 Å². The first kappa shape index (κ1) is 18.6. The zero-order valence-corrected chi connectivity index (χ0v) is 15.8. The molecule has 2 N–H and O–H groups in total. The molecule has 0 fully saturated rings. The van der Waals surface area contributed by atoms with Gasteiger partial charge in [0, 0.05) is 17.8 Å². The number of carbonyl (C=O) groups excluding carboxylic acids is 1. The molecule has 27 heavy (non-hydrogen) atoms. The average molecular weight is 429 g/mol. The van der Waals surface area contributed by atoms with Crippen molar-refractivity contribution in [3.63, 3.8) is 0 Å². The molecule has 0 aliphatic heterocycles. The topological polar surface area (TPSA) is 93.9 Å². The smallest absolute Gasteiger partial charge is 0.354 e. The number of carbonyl (C=O) groups is 1. The van der Waals surface area contributed by atoms with Crippen molar-refractivity contribution in [2.24, 2.45) is 0 Å². The van der Waals surface area contributed by atoms with Gasteiger partial charge < -0.3 is 15.0 Å². The average Bonchev–Trinajstić information content (AvgIpc) is 3.09. The Balaban J connectivity index is 2.03. The van der Waals surface area contributed by atoms with Gasteiger partial charge in [-0.05, 0) is 39.7 Å². The summed E-state index contributed by atoms with van der Waals surface area (Å²) in [6.45, 7) is 0.158. The molecule has 0 amide bonds. The fourth-order valence-corrected chi connectivity index (χ4v) is 2.94. The first-order chi connectivity index (χ1) is 12.9. The molecule has 136 valence electrons. The van der Waals surface area contributed by atoms with Crippen LogP contribution in [-0.4, -0.2) is 22.6 Å². The standard InChI is InChI=1S/C19H14BrFN4O2/c1-27-19(26)17-6-13(12-4-2-11(8-22)3-5-12)9-25(17)10-16-15(23)7-14(21)18(20)24-16/h2-7,9H,10,23H2,1H3. The molecular formula is C19H14BrFN4O2. The van der Waals surface area contributed by atoms with E-state index in [4.69, 9.17) is 15.7 Å². The van der Waals surface area contributed by atoms with Crippen LogP contribution in [0.15, 0.2) is 47.2 Å². The quantitative estimate of drug-likeness (QED) is 0.504. The number of nitrogens with zero attached hydrogens (tertiary/aromatic N) is 3. The van der Waals surface area contributed by atoms with Crippen LogP contribution in [0.25, 0.3) is 11.1 Å². The molecule has 2 heterocycles. The van der Waals surface area contributed by atoms with E-state index in [0.717, 1.165) is 11.1 Å². The van der Waals surface area contributed by atoms with Gasteiger partial charge in [0.1, 0.15) is 10.3 Å². The number of hydrogen-bond acceptors (Lipinski definition) is 5.